The number of amides is 2. The Labute approximate surface area is 180 Å². The fourth-order valence-corrected chi connectivity index (χ4v) is 4.78. The monoisotopic (exact) mass is 469 g/mol. The van der Waals surface area contributed by atoms with E-state index in [4.69, 9.17) is 5.73 Å². The second kappa shape index (κ2) is 6.76. The van der Waals surface area contributed by atoms with Gasteiger partial charge in [-0.15, -0.1) is 0 Å². The lowest BCUT2D eigenvalue weighted by molar-refractivity contribution is -0.137. The molecule has 9 nitrogen and oxygen atoms in total. The van der Waals surface area contributed by atoms with E-state index in [9.17, 15) is 9.59 Å². The Morgan fingerprint density at radius 2 is 2.13 bits per heavy atom. The number of hydrogen-bond donors (Lipinski definition) is 2. The number of fused-ring (bicyclic) bond motifs is 2. The lowest BCUT2D eigenvalue weighted by Crippen LogP contribution is -2.46. The van der Waals surface area contributed by atoms with Gasteiger partial charge in [0.25, 0.3) is 0 Å². The summed E-state index contributed by atoms with van der Waals surface area (Å²) in [6.07, 6.45) is 3.07. The molecule has 0 radical (unpaired) electrons. The summed E-state index contributed by atoms with van der Waals surface area (Å²) in [5.74, 6) is 0.505. The van der Waals surface area contributed by atoms with Gasteiger partial charge in [0.2, 0.25) is 11.8 Å². The zero-order chi connectivity index (χ0) is 21.0. The molecule has 5 rings (SSSR count). The average molecular weight is 470 g/mol. The summed E-state index contributed by atoms with van der Waals surface area (Å²) in [7, 11) is 0. The molecule has 154 valence electrons. The van der Waals surface area contributed by atoms with Gasteiger partial charge in [0, 0.05) is 6.04 Å². The largest absolute Gasteiger partial charge is 0.382 e. The van der Waals surface area contributed by atoms with Gasteiger partial charge in [-0.05, 0) is 58.5 Å². The van der Waals surface area contributed by atoms with E-state index in [-0.39, 0.29) is 29.7 Å². The maximum absolute atomic E-state index is 13.3. The Bertz CT molecular complexity index is 1180. The number of hydrogen-bond acceptors (Lipinski definition) is 6. The first-order chi connectivity index (χ1) is 14.4. The van der Waals surface area contributed by atoms with Crippen molar-refractivity contribution in [2.24, 2.45) is 5.41 Å². The molecule has 0 aromatic carbocycles. The van der Waals surface area contributed by atoms with Crippen molar-refractivity contribution in [2.45, 2.75) is 38.3 Å². The van der Waals surface area contributed by atoms with Crippen LogP contribution in [-0.2, 0) is 16.0 Å². The molecule has 3 aromatic rings. The number of pyridine rings is 1. The van der Waals surface area contributed by atoms with E-state index < -0.39 is 6.04 Å². The Hall–Kier alpha value is -3.01. The van der Waals surface area contributed by atoms with Crippen LogP contribution in [0.3, 0.4) is 0 Å². The number of carbonyl (C=O) groups is 2. The number of anilines is 2. The van der Waals surface area contributed by atoms with Crippen LogP contribution in [0.25, 0.3) is 5.52 Å². The van der Waals surface area contributed by atoms with E-state index >= 15 is 0 Å². The number of likely N-dealkylation sites (tertiary alicyclic amines) is 1. The van der Waals surface area contributed by atoms with Crippen molar-refractivity contribution in [1.29, 1.82) is 0 Å². The minimum absolute atomic E-state index is 0.00377. The zero-order valence-electron chi connectivity index (χ0n) is 16.2. The fourth-order valence-electron chi connectivity index (χ4n) is 4.43. The SMILES string of the molecule is C[C@@]12C[C@@H](C(=O)Nc3cccc(Br)n3)N(C(=O)Cc3ccc4c(N)ncnn34)[C@@H]1C2. The van der Waals surface area contributed by atoms with Crippen molar-refractivity contribution in [3.05, 3.63) is 47.0 Å². The molecule has 1 saturated carbocycles. The van der Waals surface area contributed by atoms with Crippen molar-refractivity contribution >= 4 is 44.9 Å². The molecule has 1 aliphatic heterocycles. The lowest BCUT2D eigenvalue weighted by Gasteiger charge is -2.26. The highest BCUT2D eigenvalue weighted by Gasteiger charge is 2.64. The summed E-state index contributed by atoms with van der Waals surface area (Å²) in [6, 6.07) is 8.50. The Balaban J connectivity index is 1.38. The number of aromatic nitrogens is 4. The van der Waals surface area contributed by atoms with E-state index in [0.717, 1.165) is 6.42 Å². The standard InChI is InChI=1S/C20H20BrN7O2/c1-20-8-13(19(30)26-16-4-2-3-15(21)25-16)27(14(20)9-20)17(29)7-11-5-6-12-18(22)23-10-24-28(11)12/h2-6,10,13-14H,7-9H2,1H3,(H2,22,23,24)(H,25,26,30)/t13-,14+,20-/m0/s1. The van der Waals surface area contributed by atoms with Crippen molar-refractivity contribution in [3.63, 3.8) is 0 Å². The van der Waals surface area contributed by atoms with Gasteiger partial charge >= 0.3 is 0 Å². The second-order valence-corrected chi connectivity index (χ2v) is 8.99. The molecule has 10 heteroatoms. The third kappa shape index (κ3) is 3.11. The Kier molecular flexibility index (Phi) is 4.28. The average Bonchev–Trinajstić information content (AvgIpc) is 3.04. The van der Waals surface area contributed by atoms with Crippen LogP contribution >= 0.6 is 15.9 Å². The first-order valence-corrected chi connectivity index (χ1v) is 10.5. The normalized spacial score (nSPS) is 24.7. The third-order valence-electron chi connectivity index (χ3n) is 6.08. The van der Waals surface area contributed by atoms with Gasteiger partial charge in [-0.1, -0.05) is 13.0 Å². The van der Waals surface area contributed by atoms with Gasteiger partial charge in [0.15, 0.2) is 5.82 Å². The van der Waals surface area contributed by atoms with Crippen LogP contribution in [0.4, 0.5) is 11.6 Å². The molecule has 0 bridgehead atoms. The molecule has 3 aromatic heterocycles. The van der Waals surface area contributed by atoms with Crippen molar-refractivity contribution < 1.29 is 9.59 Å². The molecular weight excluding hydrogens is 450 g/mol. The van der Waals surface area contributed by atoms with Gasteiger partial charge in [0.1, 0.15) is 28.3 Å². The number of piperidine rings is 1. The van der Waals surface area contributed by atoms with E-state index in [2.05, 4.69) is 43.2 Å². The minimum atomic E-state index is -0.520. The van der Waals surface area contributed by atoms with Gasteiger partial charge in [-0.2, -0.15) is 5.10 Å². The number of rotatable bonds is 4. The van der Waals surface area contributed by atoms with Crippen LogP contribution < -0.4 is 11.1 Å². The maximum atomic E-state index is 13.3. The summed E-state index contributed by atoms with van der Waals surface area (Å²) in [5.41, 5.74) is 7.26. The van der Waals surface area contributed by atoms with Crippen LogP contribution in [0.5, 0.6) is 0 Å². The topological polar surface area (TPSA) is 119 Å². The van der Waals surface area contributed by atoms with Gasteiger partial charge in [0.05, 0.1) is 12.1 Å². The summed E-state index contributed by atoms with van der Waals surface area (Å²) in [6.45, 7) is 2.13. The first-order valence-electron chi connectivity index (χ1n) is 9.67. The molecule has 4 heterocycles. The smallest absolute Gasteiger partial charge is 0.248 e. The number of halogens is 1. The molecule has 30 heavy (non-hydrogen) atoms. The van der Waals surface area contributed by atoms with Crippen LogP contribution in [0.15, 0.2) is 41.3 Å². The molecule has 0 spiro atoms. The molecule has 0 unspecified atom stereocenters. The summed E-state index contributed by atoms with van der Waals surface area (Å²) in [4.78, 5) is 36.3. The molecule has 2 amide bonds. The molecule has 1 saturated heterocycles. The minimum Gasteiger partial charge on any atom is -0.382 e. The number of carbonyl (C=O) groups excluding carboxylic acids is 2. The zero-order valence-corrected chi connectivity index (χ0v) is 17.8. The predicted octanol–water partition coefficient (Wildman–Crippen LogP) is 2.03. The van der Waals surface area contributed by atoms with Crippen molar-refractivity contribution in [2.75, 3.05) is 11.1 Å². The molecule has 2 fully saturated rings. The summed E-state index contributed by atoms with van der Waals surface area (Å²) < 4.78 is 2.26. The highest BCUT2D eigenvalue weighted by molar-refractivity contribution is 9.10. The van der Waals surface area contributed by atoms with E-state index in [1.165, 1.54) is 6.33 Å². The fraction of sp³-hybridized carbons (Fsp3) is 0.350. The molecular formula is C20H20BrN7O2. The van der Waals surface area contributed by atoms with Gasteiger partial charge in [-0.25, -0.2) is 14.5 Å². The van der Waals surface area contributed by atoms with Crippen LogP contribution in [0, 0.1) is 5.41 Å². The summed E-state index contributed by atoms with van der Waals surface area (Å²) in [5, 5.41) is 7.05. The maximum Gasteiger partial charge on any atom is 0.248 e. The third-order valence-corrected chi connectivity index (χ3v) is 6.53. The molecule has 2 aliphatic rings. The Morgan fingerprint density at radius 3 is 2.93 bits per heavy atom. The number of nitrogens with two attached hydrogens (primary N) is 1. The van der Waals surface area contributed by atoms with Crippen LogP contribution in [0.1, 0.15) is 25.5 Å². The lowest BCUT2D eigenvalue weighted by atomic mass is 10.0. The Morgan fingerprint density at radius 1 is 1.30 bits per heavy atom. The van der Waals surface area contributed by atoms with Crippen LogP contribution in [0.2, 0.25) is 0 Å². The van der Waals surface area contributed by atoms with E-state index in [0.29, 0.717) is 33.9 Å². The van der Waals surface area contributed by atoms with Crippen LogP contribution in [-0.4, -0.2) is 48.4 Å². The number of nitrogen functional groups attached to an aromatic ring is 1. The number of nitrogens with zero attached hydrogens (tertiary/aromatic N) is 5. The van der Waals surface area contributed by atoms with Crippen molar-refractivity contribution in [1.82, 2.24) is 24.5 Å². The highest BCUT2D eigenvalue weighted by Crippen LogP contribution is 2.59. The molecule has 3 atom stereocenters. The first kappa shape index (κ1) is 19.0. The summed E-state index contributed by atoms with van der Waals surface area (Å²) >= 11 is 3.31. The van der Waals surface area contributed by atoms with Gasteiger partial charge in [-0.3, -0.25) is 9.59 Å². The van der Waals surface area contributed by atoms with E-state index in [1.54, 1.807) is 33.7 Å². The highest BCUT2D eigenvalue weighted by atomic mass is 79.9. The quantitative estimate of drug-likeness (QED) is 0.564. The number of nitrogens with one attached hydrogen (secondary N) is 1. The van der Waals surface area contributed by atoms with E-state index in [1.807, 2.05) is 6.07 Å². The molecule has 1 aliphatic carbocycles. The predicted molar refractivity (Wildman–Crippen MR) is 113 cm³/mol. The molecule has 3 N–H and O–H groups in total. The van der Waals surface area contributed by atoms with Crippen molar-refractivity contribution in [3.8, 4) is 0 Å². The second-order valence-electron chi connectivity index (χ2n) is 8.17. The van der Waals surface area contributed by atoms with Gasteiger partial charge < -0.3 is 16.0 Å².